The number of carbonyl (C=O) groups is 1. The summed E-state index contributed by atoms with van der Waals surface area (Å²) < 4.78 is 48.3. The van der Waals surface area contributed by atoms with Crippen LogP contribution >= 0.6 is 0 Å². The van der Waals surface area contributed by atoms with Gasteiger partial charge in [-0.25, -0.2) is 12.8 Å². The number of nitrogens with zero attached hydrogens (tertiary/aromatic N) is 1. The molecule has 1 aliphatic rings. The summed E-state index contributed by atoms with van der Waals surface area (Å²) in [6.45, 7) is 0.180. The van der Waals surface area contributed by atoms with E-state index in [4.69, 9.17) is 9.47 Å². The lowest BCUT2D eigenvalue weighted by atomic mass is 10.1. The first-order valence-corrected chi connectivity index (χ1v) is 9.42. The van der Waals surface area contributed by atoms with Crippen LogP contribution in [0.2, 0.25) is 0 Å². The van der Waals surface area contributed by atoms with E-state index >= 15 is 0 Å². The van der Waals surface area contributed by atoms with Gasteiger partial charge in [0, 0.05) is 18.7 Å². The summed E-state index contributed by atoms with van der Waals surface area (Å²) in [5.41, 5.74) is 0.389. The predicted octanol–water partition coefficient (Wildman–Crippen LogP) is 2.14. The van der Waals surface area contributed by atoms with Crippen LogP contribution < -0.4 is 9.47 Å². The minimum absolute atomic E-state index is 0.0575. The van der Waals surface area contributed by atoms with Crippen LogP contribution in [0.3, 0.4) is 0 Å². The maximum atomic E-state index is 13.0. The van der Waals surface area contributed by atoms with Crippen LogP contribution in [0.25, 0.3) is 0 Å². The van der Waals surface area contributed by atoms with Gasteiger partial charge in [-0.15, -0.1) is 0 Å². The number of likely N-dealkylation sites (tertiary alicyclic amines) is 1. The van der Waals surface area contributed by atoms with Crippen molar-refractivity contribution in [3.05, 3.63) is 53.8 Å². The number of sulfone groups is 1. The topological polar surface area (TPSA) is 72.9 Å². The summed E-state index contributed by atoms with van der Waals surface area (Å²) in [6.07, 6.45) is 0. The molecule has 3 rings (SSSR count). The smallest absolute Gasteiger partial charge is 0.254 e. The number of ether oxygens (including phenoxy) is 2. The highest BCUT2D eigenvalue weighted by Gasteiger charge is 2.40. The molecule has 138 valence electrons. The van der Waals surface area contributed by atoms with Gasteiger partial charge in [0.15, 0.2) is 21.3 Å². The Bertz CT molecular complexity index is 921. The Morgan fingerprint density at radius 2 is 1.65 bits per heavy atom. The van der Waals surface area contributed by atoms with Crippen LogP contribution in [0, 0.1) is 5.82 Å². The van der Waals surface area contributed by atoms with Crippen molar-refractivity contribution >= 4 is 15.7 Å². The van der Waals surface area contributed by atoms with E-state index < -0.39 is 20.9 Å². The fraction of sp³-hybridized carbons (Fsp3) is 0.278. The maximum absolute atomic E-state index is 13.0. The molecule has 1 amide bonds. The fourth-order valence-corrected chi connectivity index (χ4v) is 4.42. The molecule has 0 bridgehead atoms. The molecule has 0 aromatic heterocycles. The van der Waals surface area contributed by atoms with Crippen molar-refractivity contribution in [3.8, 4) is 11.5 Å². The number of hydrogen-bond donors (Lipinski definition) is 0. The molecule has 0 atom stereocenters. The summed E-state index contributed by atoms with van der Waals surface area (Å²) in [6, 6.07) is 9.48. The molecule has 2 aromatic carbocycles. The second kappa shape index (κ2) is 6.95. The average Bonchev–Trinajstić information content (AvgIpc) is 2.59. The molecule has 0 N–H and O–H groups in total. The summed E-state index contributed by atoms with van der Waals surface area (Å²) in [5.74, 6) is 0.151. The first kappa shape index (κ1) is 18.2. The third-order valence-electron chi connectivity index (χ3n) is 4.35. The number of rotatable bonds is 5. The molecule has 0 radical (unpaired) electrons. The number of carbonyl (C=O) groups excluding carboxylic acids is 1. The number of hydrogen-bond acceptors (Lipinski definition) is 5. The summed E-state index contributed by atoms with van der Waals surface area (Å²) in [4.78, 5) is 14.0. The predicted molar refractivity (Wildman–Crippen MR) is 92.8 cm³/mol. The third-order valence-corrected chi connectivity index (χ3v) is 6.45. The molecule has 1 heterocycles. The molecule has 8 heteroatoms. The zero-order valence-corrected chi connectivity index (χ0v) is 15.1. The van der Waals surface area contributed by atoms with E-state index in [0.29, 0.717) is 17.1 Å². The second-order valence-corrected chi connectivity index (χ2v) is 8.13. The molecule has 1 aliphatic heterocycles. The van der Waals surface area contributed by atoms with Crippen LogP contribution in [-0.4, -0.2) is 51.8 Å². The van der Waals surface area contributed by atoms with Crippen molar-refractivity contribution in [1.82, 2.24) is 4.90 Å². The lowest BCUT2D eigenvalue weighted by molar-refractivity contribution is 0.0658. The molecule has 26 heavy (non-hydrogen) atoms. The van der Waals surface area contributed by atoms with Crippen molar-refractivity contribution in [1.29, 1.82) is 0 Å². The van der Waals surface area contributed by atoms with Gasteiger partial charge in [0.25, 0.3) is 5.91 Å². The highest BCUT2D eigenvalue weighted by molar-refractivity contribution is 7.92. The third kappa shape index (κ3) is 3.24. The van der Waals surface area contributed by atoms with Crippen LogP contribution in [0.1, 0.15) is 10.4 Å². The van der Waals surface area contributed by atoms with Crippen LogP contribution in [0.4, 0.5) is 4.39 Å². The highest BCUT2D eigenvalue weighted by Crippen LogP contribution is 2.30. The largest absolute Gasteiger partial charge is 0.493 e. The van der Waals surface area contributed by atoms with Gasteiger partial charge < -0.3 is 14.4 Å². The average molecular weight is 379 g/mol. The normalized spacial score (nSPS) is 14.7. The minimum atomic E-state index is -3.60. The SMILES string of the molecule is COc1ccc(C(=O)N2CC(S(=O)(=O)c3ccc(F)cc3)C2)cc1OC. The molecule has 0 unspecified atom stereocenters. The highest BCUT2D eigenvalue weighted by atomic mass is 32.2. The monoisotopic (exact) mass is 379 g/mol. The fourth-order valence-electron chi connectivity index (χ4n) is 2.77. The van der Waals surface area contributed by atoms with Gasteiger partial charge >= 0.3 is 0 Å². The Morgan fingerprint density at radius 1 is 1.04 bits per heavy atom. The molecule has 0 saturated carbocycles. The zero-order chi connectivity index (χ0) is 18.9. The van der Waals surface area contributed by atoms with Gasteiger partial charge in [0.1, 0.15) is 11.1 Å². The molecule has 0 spiro atoms. The van der Waals surface area contributed by atoms with Crippen molar-refractivity contribution in [3.63, 3.8) is 0 Å². The molecule has 2 aromatic rings. The van der Waals surface area contributed by atoms with E-state index in [1.165, 1.54) is 31.3 Å². The van der Waals surface area contributed by atoms with Crippen molar-refractivity contribution < 1.29 is 27.1 Å². The molecular weight excluding hydrogens is 361 g/mol. The molecule has 1 saturated heterocycles. The van der Waals surface area contributed by atoms with Gasteiger partial charge in [-0.05, 0) is 42.5 Å². The first-order chi connectivity index (χ1) is 12.4. The quantitative estimate of drug-likeness (QED) is 0.745. The van der Waals surface area contributed by atoms with Crippen LogP contribution in [0.5, 0.6) is 11.5 Å². The lowest BCUT2D eigenvalue weighted by Gasteiger charge is -2.38. The Hall–Kier alpha value is -2.61. The first-order valence-electron chi connectivity index (χ1n) is 7.87. The van der Waals surface area contributed by atoms with E-state index in [1.807, 2.05) is 0 Å². The number of amides is 1. The number of halogens is 1. The summed E-state index contributed by atoms with van der Waals surface area (Å²) in [7, 11) is -0.623. The second-order valence-electron chi connectivity index (χ2n) is 5.90. The van der Waals surface area contributed by atoms with Gasteiger partial charge in [-0.2, -0.15) is 0 Å². The van der Waals surface area contributed by atoms with E-state index in [-0.39, 0.29) is 23.9 Å². The maximum Gasteiger partial charge on any atom is 0.254 e. The van der Waals surface area contributed by atoms with Gasteiger partial charge in [-0.3, -0.25) is 4.79 Å². The standard InChI is InChI=1S/C18H18FNO5S/c1-24-16-8-3-12(9-17(16)25-2)18(21)20-10-15(11-20)26(22,23)14-6-4-13(19)5-7-14/h3-9,15H,10-11H2,1-2H3. The van der Waals surface area contributed by atoms with E-state index in [9.17, 15) is 17.6 Å². The van der Waals surface area contributed by atoms with Crippen LogP contribution in [0.15, 0.2) is 47.4 Å². The summed E-state index contributed by atoms with van der Waals surface area (Å²) in [5, 5.41) is -0.697. The Kier molecular flexibility index (Phi) is 4.86. The van der Waals surface area contributed by atoms with E-state index in [1.54, 1.807) is 18.2 Å². The van der Waals surface area contributed by atoms with Crippen LogP contribution in [-0.2, 0) is 9.84 Å². The van der Waals surface area contributed by atoms with Crippen molar-refractivity contribution in [2.45, 2.75) is 10.1 Å². The number of methoxy groups -OCH3 is 2. The summed E-state index contributed by atoms with van der Waals surface area (Å²) >= 11 is 0. The van der Waals surface area contributed by atoms with E-state index in [2.05, 4.69) is 0 Å². The molecule has 1 fully saturated rings. The Labute approximate surface area is 151 Å². The van der Waals surface area contributed by atoms with E-state index in [0.717, 1.165) is 12.1 Å². The Balaban J connectivity index is 1.71. The number of benzene rings is 2. The van der Waals surface area contributed by atoms with Gasteiger partial charge in [0.2, 0.25) is 0 Å². The van der Waals surface area contributed by atoms with Crippen molar-refractivity contribution in [2.24, 2.45) is 0 Å². The molecule has 0 aliphatic carbocycles. The van der Waals surface area contributed by atoms with Crippen molar-refractivity contribution in [2.75, 3.05) is 27.3 Å². The zero-order valence-electron chi connectivity index (χ0n) is 14.3. The minimum Gasteiger partial charge on any atom is -0.493 e. The van der Waals surface area contributed by atoms with Gasteiger partial charge in [-0.1, -0.05) is 0 Å². The molecular formula is C18H18FNO5S. The molecule has 6 nitrogen and oxygen atoms in total. The van der Waals surface area contributed by atoms with Gasteiger partial charge in [0.05, 0.1) is 19.1 Å². The Morgan fingerprint density at radius 3 is 2.23 bits per heavy atom. The lowest BCUT2D eigenvalue weighted by Crippen LogP contribution is -2.56.